The van der Waals surface area contributed by atoms with Gasteiger partial charge < -0.3 is 20.1 Å². The third-order valence-electron chi connectivity index (χ3n) is 3.57. The van der Waals surface area contributed by atoms with Crippen LogP contribution in [0.25, 0.3) is 0 Å². The van der Waals surface area contributed by atoms with Crippen LogP contribution in [0.15, 0.2) is 42.5 Å². The van der Waals surface area contributed by atoms with Crippen molar-refractivity contribution in [3.05, 3.63) is 48.0 Å². The van der Waals surface area contributed by atoms with Gasteiger partial charge in [0.2, 0.25) is 5.91 Å². The van der Waals surface area contributed by atoms with Gasteiger partial charge in [0.1, 0.15) is 11.5 Å². The van der Waals surface area contributed by atoms with E-state index in [1.165, 1.54) is 7.11 Å². The van der Waals surface area contributed by atoms with E-state index in [1.54, 1.807) is 49.6 Å². The van der Waals surface area contributed by atoms with Gasteiger partial charge in [0.15, 0.2) is 0 Å². The van der Waals surface area contributed by atoms with E-state index in [-0.39, 0.29) is 17.7 Å². The van der Waals surface area contributed by atoms with Gasteiger partial charge in [-0.2, -0.15) is 0 Å². The highest BCUT2D eigenvalue weighted by Gasteiger charge is 2.14. The van der Waals surface area contributed by atoms with E-state index in [0.717, 1.165) is 0 Å². The van der Waals surface area contributed by atoms with Gasteiger partial charge in [0.05, 0.1) is 19.8 Å². The molecule has 0 aliphatic heterocycles. The molecule has 0 saturated heterocycles. The van der Waals surface area contributed by atoms with Crippen LogP contribution in [0, 0.1) is 5.92 Å². The Labute approximate surface area is 147 Å². The largest absolute Gasteiger partial charge is 0.497 e. The molecule has 0 fully saturated rings. The van der Waals surface area contributed by atoms with Crippen molar-refractivity contribution in [2.24, 2.45) is 5.92 Å². The van der Waals surface area contributed by atoms with Gasteiger partial charge in [0.25, 0.3) is 5.91 Å². The molecule has 132 valence electrons. The van der Waals surface area contributed by atoms with Crippen molar-refractivity contribution >= 4 is 23.2 Å². The molecule has 2 aromatic carbocycles. The first-order valence-corrected chi connectivity index (χ1v) is 7.89. The van der Waals surface area contributed by atoms with Crippen molar-refractivity contribution in [3.8, 4) is 11.5 Å². The molecule has 25 heavy (non-hydrogen) atoms. The highest BCUT2D eigenvalue weighted by atomic mass is 16.5. The van der Waals surface area contributed by atoms with Crippen LogP contribution in [0.3, 0.4) is 0 Å². The molecular weight excluding hydrogens is 320 g/mol. The van der Waals surface area contributed by atoms with E-state index in [2.05, 4.69) is 10.6 Å². The number of ether oxygens (including phenoxy) is 2. The van der Waals surface area contributed by atoms with Gasteiger partial charge in [-0.1, -0.05) is 19.9 Å². The molecule has 0 unspecified atom stereocenters. The molecular formula is C19H22N2O4. The van der Waals surface area contributed by atoms with Crippen LogP contribution < -0.4 is 20.1 Å². The average molecular weight is 342 g/mol. The smallest absolute Gasteiger partial charge is 0.259 e. The van der Waals surface area contributed by atoms with Gasteiger partial charge in [0, 0.05) is 23.4 Å². The second-order valence-corrected chi connectivity index (χ2v) is 5.75. The molecule has 0 aromatic heterocycles. The first-order valence-electron chi connectivity index (χ1n) is 7.89. The van der Waals surface area contributed by atoms with E-state index in [1.807, 2.05) is 13.8 Å². The Hall–Kier alpha value is -3.02. The lowest BCUT2D eigenvalue weighted by atomic mass is 10.1. The summed E-state index contributed by atoms with van der Waals surface area (Å²) in [6, 6.07) is 12.0. The minimum absolute atomic E-state index is 0.0831. The maximum Gasteiger partial charge on any atom is 0.259 e. The quantitative estimate of drug-likeness (QED) is 0.842. The summed E-state index contributed by atoms with van der Waals surface area (Å²) in [6.45, 7) is 3.63. The molecule has 0 heterocycles. The number of amides is 2. The Morgan fingerprint density at radius 2 is 1.60 bits per heavy atom. The lowest BCUT2D eigenvalue weighted by Gasteiger charge is -2.12. The number of benzene rings is 2. The molecule has 0 saturated carbocycles. The highest BCUT2D eigenvalue weighted by Crippen LogP contribution is 2.26. The van der Waals surface area contributed by atoms with E-state index in [4.69, 9.17) is 9.47 Å². The highest BCUT2D eigenvalue weighted by molar-refractivity contribution is 6.06. The first-order chi connectivity index (χ1) is 11.9. The third-order valence-corrected chi connectivity index (χ3v) is 3.57. The third kappa shape index (κ3) is 4.73. The van der Waals surface area contributed by atoms with Crippen LogP contribution in [-0.4, -0.2) is 26.0 Å². The number of anilines is 2. The molecule has 0 aliphatic carbocycles. The maximum atomic E-state index is 12.5. The minimum atomic E-state index is -0.313. The number of methoxy groups -OCH3 is 2. The van der Waals surface area contributed by atoms with Crippen molar-refractivity contribution in [1.29, 1.82) is 0 Å². The summed E-state index contributed by atoms with van der Waals surface area (Å²) in [6.07, 6.45) is 0. The van der Waals surface area contributed by atoms with Crippen LogP contribution in [0.1, 0.15) is 24.2 Å². The fraction of sp³-hybridized carbons (Fsp3) is 0.263. The van der Waals surface area contributed by atoms with Crippen molar-refractivity contribution in [2.45, 2.75) is 13.8 Å². The Kier molecular flexibility index (Phi) is 6.00. The predicted octanol–water partition coefficient (Wildman–Crippen LogP) is 3.55. The molecule has 2 N–H and O–H groups in total. The Morgan fingerprint density at radius 3 is 2.20 bits per heavy atom. The molecule has 0 bridgehead atoms. The zero-order valence-corrected chi connectivity index (χ0v) is 14.8. The fourth-order valence-corrected chi connectivity index (χ4v) is 2.15. The van der Waals surface area contributed by atoms with Crippen molar-refractivity contribution in [3.63, 3.8) is 0 Å². The van der Waals surface area contributed by atoms with Crippen LogP contribution in [0.2, 0.25) is 0 Å². The fourth-order valence-electron chi connectivity index (χ4n) is 2.15. The van der Waals surface area contributed by atoms with Crippen LogP contribution >= 0.6 is 0 Å². The molecule has 0 atom stereocenters. The first kappa shape index (κ1) is 18.3. The summed E-state index contributed by atoms with van der Waals surface area (Å²) in [5.41, 5.74) is 1.59. The summed E-state index contributed by atoms with van der Waals surface area (Å²) in [7, 11) is 3.04. The Balaban J connectivity index is 2.17. The number of carbonyl (C=O) groups is 2. The van der Waals surface area contributed by atoms with E-state index in [9.17, 15) is 9.59 Å². The predicted molar refractivity (Wildman–Crippen MR) is 97.4 cm³/mol. The zero-order valence-electron chi connectivity index (χ0n) is 14.8. The zero-order chi connectivity index (χ0) is 18.4. The Bertz CT molecular complexity index is 772. The summed E-state index contributed by atoms with van der Waals surface area (Å²) in [4.78, 5) is 24.3. The number of rotatable bonds is 6. The molecule has 6 nitrogen and oxygen atoms in total. The molecule has 0 radical (unpaired) electrons. The average Bonchev–Trinajstić information content (AvgIpc) is 2.61. The van der Waals surface area contributed by atoms with Gasteiger partial charge in [-0.15, -0.1) is 0 Å². The number of nitrogens with one attached hydrogen (secondary N) is 2. The van der Waals surface area contributed by atoms with Gasteiger partial charge in [-0.25, -0.2) is 0 Å². The van der Waals surface area contributed by atoms with E-state index in [0.29, 0.717) is 28.4 Å². The summed E-state index contributed by atoms with van der Waals surface area (Å²) >= 11 is 0. The number of carbonyl (C=O) groups excluding carboxylic acids is 2. The number of hydrogen-bond acceptors (Lipinski definition) is 4. The summed E-state index contributed by atoms with van der Waals surface area (Å²) < 4.78 is 10.4. The topological polar surface area (TPSA) is 76.7 Å². The summed E-state index contributed by atoms with van der Waals surface area (Å²) in [5.74, 6) is 0.502. The SMILES string of the molecule is COc1ccc(C(=O)Nc2cccc(NC(=O)C(C)C)c2)c(OC)c1. The van der Waals surface area contributed by atoms with Gasteiger partial charge in [-0.05, 0) is 30.3 Å². The van der Waals surface area contributed by atoms with Gasteiger partial charge >= 0.3 is 0 Å². The minimum Gasteiger partial charge on any atom is -0.497 e. The van der Waals surface area contributed by atoms with Gasteiger partial charge in [-0.3, -0.25) is 9.59 Å². The normalized spacial score (nSPS) is 10.3. The van der Waals surface area contributed by atoms with Crippen LogP contribution in [0.5, 0.6) is 11.5 Å². The molecule has 0 aliphatic rings. The number of hydrogen-bond donors (Lipinski definition) is 2. The monoisotopic (exact) mass is 342 g/mol. The lowest BCUT2D eigenvalue weighted by molar-refractivity contribution is -0.118. The second kappa shape index (κ2) is 8.19. The van der Waals surface area contributed by atoms with Crippen molar-refractivity contribution in [1.82, 2.24) is 0 Å². The lowest BCUT2D eigenvalue weighted by Crippen LogP contribution is -2.18. The molecule has 2 amide bonds. The standard InChI is InChI=1S/C19H22N2O4/c1-12(2)18(22)20-13-6-5-7-14(10-13)21-19(23)16-9-8-15(24-3)11-17(16)25-4/h5-12H,1-4H3,(H,20,22)(H,21,23). The summed E-state index contributed by atoms with van der Waals surface area (Å²) in [5, 5.41) is 5.60. The molecule has 6 heteroatoms. The second-order valence-electron chi connectivity index (χ2n) is 5.75. The molecule has 2 rings (SSSR count). The van der Waals surface area contributed by atoms with Crippen LogP contribution in [0.4, 0.5) is 11.4 Å². The molecule has 0 spiro atoms. The van der Waals surface area contributed by atoms with Crippen molar-refractivity contribution < 1.29 is 19.1 Å². The maximum absolute atomic E-state index is 12.5. The molecule has 2 aromatic rings. The van der Waals surface area contributed by atoms with Crippen LogP contribution in [-0.2, 0) is 4.79 Å². The Morgan fingerprint density at radius 1 is 0.920 bits per heavy atom. The van der Waals surface area contributed by atoms with Crippen molar-refractivity contribution in [2.75, 3.05) is 24.9 Å². The van der Waals surface area contributed by atoms with E-state index < -0.39 is 0 Å². The van der Waals surface area contributed by atoms with E-state index >= 15 is 0 Å².